The molecule has 3 amide bonds. The summed E-state index contributed by atoms with van der Waals surface area (Å²) in [5.41, 5.74) is 1.00. The molecule has 1 N–H and O–H groups in total. The summed E-state index contributed by atoms with van der Waals surface area (Å²) in [6.07, 6.45) is 0. The minimum atomic E-state index is -0.0483. The van der Waals surface area contributed by atoms with Gasteiger partial charge in [-0.1, -0.05) is 47.1 Å². The highest BCUT2D eigenvalue weighted by molar-refractivity contribution is 7.99. The van der Waals surface area contributed by atoms with Crippen molar-refractivity contribution in [1.29, 1.82) is 0 Å². The summed E-state index contributed by atoms with van der Waals surface area (Å²) in [5.74, 6) is 1.00. The molecule has 1 unspecified atom stereocenters. The second-order valence-electron chi connectivity index (χ2n) is 8.76. The van der Waals surface area contributed by atoms with Crippen LogP contribution in [0.15, 0.2) is 35.5 Å². The van der Waals surface area contributed by atoms with Crippen LogP contribution >= 0.6 is 35.0 Å². The van der Waals surface area contributed by atoms with E-state index >= 15 is 0 Å². The van der Waals surface area contributed by atoms with E-state index in [4.69, 9.17) is 23.2 Å². The second-order valence-corrected chi connectivity index (χ2v) is 10.5. The Morgan fingerprint density at radius 1 is 1.06 bits per heavy atom. The van der Waals surface area contributed by atoms with Crippen LogP contribution in [0.4, 0.5) is 16.3 Å². The smallest absolute Gasteiger partial charge is 0.317 e. The minimum Gasteiger partial charge on any atom is -0.367 e. The zero-order valence-corrected chi connectivity index (χ0v) is 22.8. The first-order valence-electron chi connectivity index (χ1n) is 12.1. The van der Waals surface area contributed by atoms with Crippen molar-refractivity contribution in [2.24, 2.45) is 0 Å². The van der Waals surface area contributed by atoms with Crippen LogP contribution in [0.2, 0.25) is 10.2 Å². The van der Waals surface area contributed by atoms with Gasteiger partial charge in [-0.3, -0.25) is 4.79 Å². The van der Waals surface area contributed by atoms with Gasteiger partial charge in [-0.2, -0.15) is 0 Å². The van der Waals surface area contributed by atoms with Crippen molar-refractivity contribution < 1.29 is 9.59 Å². The number of rotatable bonds is 6. The lowest BCUT2D eigenvalue weighted by Gasteiger charge is -2.40. The fourth-order valence-corrected chi connectivity index (χ4v) is 5.69. The van der Waals surface area contributed by atoms with E-state index in [9.17, 15) is 9.59 Å². The number of nitrogens with zero attached hydrogens (tertiary/aromatic N) is 6. The SMILES string of the molecule is CCNC(=O)N1CCN(c2cc(Cl)nc(SCC(=O)N3CCN(c4ccccc4Cl)CC3)n2)CC1C. The number of amides is 3. The van der Waals surface area contributed by atoms with E-state index in [0.717, 1.165) is 23.8 Å². The van der Waals surface area contributed by atoms with Crippen molar-refractivity contribution in [2.75, 3.05) is 67.9 Å². The quantitative estimate of drug-likeness (QED) is 0.334. The van der Waals surface area contributed by atoms with E-state index in [1.807, 2.05) is 47.9 Å². The molecular formula is C24H31Cl2N7O2S. The van der Waals surface area contributed by atoms with Gasteiger partial charge in [0.25, 0.3) is 0 Å². The van der Waals surface area contributed by atoms with E-state index in [1.165, 1.54) is 11.8 Å². The Labute approximate surface area is 226 Å². The number of thioether (sulfide) groups is 1. The summed E-state index contributed by atoms with van der Waals surface area (Å²) in [5, 5.41) is 4.39. The van der Waals surface area contributed by atoms with Gasteiger partial charge >= 0.3 is 6.03 Å². The standard InChI is InChI=1S/C24H31Cl2N7O2S/c1-3-27-24(35)33-13-12-32(15-17(33)2)21-14-20(26)28-23(29-21)36-16-22(34)31-10-8-30(9-11-31)19-7-5-4-6-18(19)25/h4-7,14,17H,3,8-13,15-16H2,1-2H3,(H,27,35). The third kappa shape index (κ3) is 6.46. The van der Waals surface area contributed by atoms with Crippen LogP contribution in [0.5, 0.6) is 0 Å². The topological polar surface area (TPSA) is 84.9 Å². The summed E-state index contributed by atoms with van der Waals surface area (Å²) in [6.45, 7) is 9.16. The van der Waals surface area contributed by atoms with Crippen LogP contribution in [0, 0.1) is 0 Å². The average Bonchev–Trinajstić information content (AvgIpc) is 2.87. The molecule has 2 aliphatic rings. The Morgan fingerprint density at radius 3 is 2.47 bits per heavy atom. The van der Waals surface area contributed by atoms with Crippen LogP contribution in [0.25, 0.3) is 0 Å². The Balaban J connectivity index is 1.31. The van der Waals surface area contributed by atoms with Crippen LogP contribution in [0.3, 0.4) is 0 Å². The normalized spacial score (nSPS) is 18.4. The summed E-state index contributed by atoms with van der Waals surface area (Å²) in [6, 6.07) is 9.49. The molecule has 2 fully saturated rings. The van der Waals surface area contributed by atoms with Gasteiger partial charge < -0.3 is 24.9 Å². The largest absolute Gasteiger partial charge is 0.367 e. The molecule has 3 heterocycles. The van der Waals surface area contributed by atoms with E-state index < -0.39 is 0 Å². The lowest BCUT2D eigenvalue weighted by atomic mass is 10.2. The Bertz CT molecular complexity index is 1080. The van der Waals surface area contributed by atoms with Crippen molar-refractivity contribution in [1.82, 2.24) is 25.1 Å². The highest BCUT2D eigenvalue weighted by Crippen LogP contribution is 2.27. The maximum Gasteiger partial charge on any atom is 0.317 e. The number of aromatic nitrogens is 2. The first-order valence-corrected chi connectivity index (χ1v) is 13.8. The molecule has 194 valence electrons. The molecule has 2 aromatic rings. The summed E-state index contributed by atoms with van der Waals surface area (Å²) in [4.78, 5) is 42.1. The third-order valence-electron chi connectivity index (χ3n) is 6.35. The first kappa shape index (κ1) is 26.6. The molecule has 0 bridgehead atoms. The van der Waals surface area contributed by atoms with Crippen molar-refractivity contribution in [3.63, 3.8) is 0 Å². The molecule has 36 heavy (non-hydrogen) atoms. The molecule has 0 aliphatic carbocycles. The lowest BCUT2D eigenvalue weighted by Crippen LogP contribution is -2.56. The number of carbonyl (C=O) groups is 2. The maximum absolute atomic E-state index is 12.9. The van der Waals surface area contributed by atoms with Gasteiger partial charge in [0.05, 0.1) is 16.5 Å². The highest BCUT2D eigenvalue weighted by atomic mass is 35.5. The van der Waals surface area contributed by atoms with Gasteiger partial charge in [0.1, 0.15) is 11.0 Å². The number of anilines is 2. The van der Waals surface area contributed by atoms with Gasteiger partial charge in [0.2, 0.25) is 5.91 Å². The molecule has 4 rings (SSSR count). The zero-order chi connectivity index (χ0) is 25.7. The van der Waals surface area contributed by atoms with Crippen molar-refractivity contribution in [2.45, 2.75) is 25.0 Å². The summed E-state index contributed by atoms with van der Waals surface area (Å²) < 4.78 is 0. The Hall–Kier alpha value is -2.43. The number of nitrogens with one attached hydrogen (secondary N) is 1. The Kier molecular flexibility index (Phi) is 9.03. The summed E-state index contributed by atoms with van der Waals surface area (Å²) in [7, 11) is 0. The zero-order valence-electron chi connectivity index (χ0n) is 20.5. The third-order valence-corrected chi connectivity index (χ3v) is 7.70. The van der Waals surface area contributed by atoms with Crippen LogP contribution in [0.1, 0.15) is 13.8 Å². The lowest BCUT2D eigenvalue weighted by molar-refractivity contribution is -0.128. The molecule has 9 nitrogen and oxygen atoms in total. The van der Waals surface area contributed by atoms with E-state index in [2.05, 4.69) is 25.1 Å². The Morgan fingerprint density at radius 2 is 1.78 bits per heavy atom. The number of carbonyl (C=O) groups excluding carboxylic acids is 2. The van der Waals surface area contributed by atoms with Crippen LogP contribution in [-0.2, 0) is 4.79 Å². The van der Waals surface area contributed by atoms with Crippen LogP contribution < -0.4 is 15.1 Å². The number of hydrogen-bond acceptors (Lipinski definition) is 7. The molecule has 1 aromatic heterocycles. The summed E-state index contributed by atoms with van der Waals surface area (Å²) >= 11 is 13.9. The molecule has 2 saturated heterocycles. The molecule has 0 spiro atoms. The monoisotopic (exact) mass is 551 g/mol. The van der Waals surface area contributed by atoms with Crippen LogP contribution in [-0.4, -0.2) is 95.9 Å². The molecule has 1 atom stereocenters. The van der Waals surface area contributed by atoms with Crippen molar-refractivity contribution in [3.8, 4) is 0 Å². The first-order chi connectivity index (χ1) is 17.4. The molecule has 12 heteroatoms. The molecule has 2 aliphatic heterocycles. The van der Waals surface area contributed by atoms with Gasteiger partial charge in [0.15, 0.2) is 5.16 Å². The molecule has 0 saturated carbocycles. The van der Waals surface area contributed by atoms with Crippen molar-refractivity contribution in [3.05, 3.63) is 40.5 Å². The number of urea groups is 1. The predicted octanol–water partition coefficient (Wildman–Crippen LogP) is 3.46. The van der Waals surface area contributed by atoms with Gasteiger partial charge in [-0.15, -0.1) is 0 Å². The number of hydrogen-bond donors (Lipinski definition) is 1. The van der Waals surface area contributed by atoms with E-state index in [1.54, 1.807) is 6.07 Å². The van der Waals surface area contributed by atoms with Crippen molar-refractivity contribution >= 4 is 58.4 Å². The number of piperazine rings is 2. The second kappa shape index (κ2) is 12.2. The number of para-hydroxylation sites is 1. The fourth-order valence-electron chi connectivity index (χ4n) is 4.45. The molecule has 0 radical (unpaired) electrons. The predicted molar refractivity (Wildman–Crippen MR) is 145 cm³/mol. The van der Waals surface area contributed by atoms with Gasteiger partial charge in [-0.25, -0.2) is 14.8 Å². The minimum absolute atomic E-state index is 0.0288. The van der Waals surface area contributed by atoms with E-state index in [-0.39, 0.29) is 23.7 Å². The molecular weight excluding hydrogens is 521 g/mol. The highest BCUT2D eigenvalue weighted by Gasteiger charge is 2.28. The average molecular weight is 553 g/mol. The number of benzene rings is 1. The van der Waals surface area contributed by atoms with Gasteiger partial charge in [0, 0.05) is 64.5 Å². The van der Waals surface area contributed by atoms with Gasteiger partial charge in [-0.05, 0) is 26.0 Å². The maximum atomic E-state index is 12.9. The van der Waals surface area contributed by atoms with E-state index in [0.29, 0.717) is 55.4 Å². The fraction of sp³-hybridized carbons (Fsp3) is 0.500. The number of halogens is 2. The molecule has 1 aromatic carbocycles.